The molecule has 2 N–H and O–H groups in total. The Labute approximate surface area is 44.9 Å². The monoisotopic (exact) mass is 146 g/mol. The van der Waals surface area contributed by atoms with E-state index in [4.69, 9.17) is 14.4 Å². The molecule has 50 valence electrons. The second kappa shape index (κ2) is 4.90. The lowest BCUT2D eigenvalue weighted by molar-refractivity contribution is 0.322. The van der Waals surface area contributed by atoms with Gasteiger partial charge in [0.25, 0.3) is 0 Å². The molecule has 0 saturated carbocycles. The van der Waals surface area contributed by atoms with Crippen LogP contribution in [0.25, 0.3) is 0 Å². The first-order valence-electron chi connectivity index (χ1n) is 1.38. The molecule has 0 aliphatic heterocycles. The van der Waals surface area contributed by atoms with Gasteiger partial charge in [-0.05, 0) is 0 Å². The zero-order chi connectivity index (χ0) is 7.21. The van der Waals surface area contributed by atoms with Crippen molar-refractivity contribution in [3.05, 3.63) is 12.9 Å². The van der Waals surface area contributed by atoms with Crippen molar-refractivity contribution in [1.82, 2.24) is 0 Å². The second-order valence-electron chi connectivity index (χ2n) is 0.627. The van der Waals surface area contributed by atoms with E-state index in [1.165, 1.54) is 0 Å². The minimum atomic E-state index is -5.14. The van der Waals surface area contributed by atoms with Gasteiger partial charge in [0, 0.05) is 0 Å². The maximum atomic E-state index is 10.4. The third-order valence-electron chi connectivity index (χ3n) is 0. The molecular formula is C2H5F2O3P. The lowest BCUT2D eigenvalue weighted by atomic mass is 11.2. The molecule has 3 nitrogen and oxygen atoms in total. The average Bonchev–Trinajstić information content (AvgIpc) is 1.27. The van der Waals surface area contributed by atoms with Crippen molar-refractivity contribution in [2.75, 3.05) is 0 Å². The SMILES string of the molecule is C=CF.O=P(O)(O)F. The Hall–Kier alpha value is -0.250. The first kappa shape index (κ1) is 10.7. The van der Waals surface area contributed by atoms with Crippen LogP contribution in [0, 0.1) is 0 Å². The van der Waals surface area contributed by atoms with Crippen LogP contribution in [-0.4, -0.2) is 9.79 Å². The summed E-state index contributed by atoms with van der Waals surface area (Å²) in [4.78, 5) is 13.9. The Morgan fingerprint density at radius 2 is 1.62 bits per heavy atom. The number of rotatable bonds is 0. The second-order valence-corrected chi connectivity index (χ2v) is 1.57. The topological polar surface area (TPSA) is 57.5 Å². The predicted molar refractivity (Wildman–Crippen MR) is 24.5 cm³/mol. The molecule has 0 unspecified atom stereocenters. The Morgan fingerprint density at radius 1 is 1.62 bits per heavy atom. The highest BCUT2D eigenvalue weighted by Gasteiger charge is 2.04. The summed E-state index contributed by atoms with van der Waals surface area (Å²) in [6.45, 7) is 2.69. The van der Waals surface area contributed by atoms with Crippen molar-refractivity contribution in [1.29, 1.82) is 0 Å². The number of hydrogen-bond acceptors (Lipinski definition) is 1. The van der Waals surface area contributed by atoms with Crippen molar-refractivity contribution >= 4 is 7.91 Å². The maximum absolute atomic E-state index is 10.4. The summed E-state index contributed by atoms with van der Waals surface area (Å²) in [5.74, 6) is 0. The Kier molecular flexibility index (Phi) is 6.54. The molecular weight excluding hydrogens is 141 g/mol. The van der Waals surface area contributed by atoms with E-state index in [1.54, 1.807) is 0 Å². The van der Waals surface area contributed by atoms with Crippen LogP contribution in [0.5, 0.6) is 0 Å². The smallest absolute Gasteiger partial charge is 0.299 e. The van der Waals surface area contributed by atoms with Crippen LogP contribution in [0.4, 0.5) is 8.59 Å². The van der Waals surface area contributed by atoms with Crippen LogP contribution < -0.4 is 0 Å². The first-order valence-corrected chi connectivity index (χ1v) is 2.88. The molecule has 6 heteroatoms. The van der Waals surface area contributed by atoms with Gasteiger partial charge in [-0.25, -0.2) is 8.96 Å². The highest BCUT2D eigenvalue weighted by Crippen LogP contribution is 2.34. The minimum absolute atomic E-state index is 0.250. The summed E-state index contributed by atoms with van der Waals surface area (Å²) < 4.78 is 29.1. The van der Waals surface area contributed by atoms with E-state index in [1.807, 2.05) is 0 Å². The highest BCUT2D eigenvalue weighted by atomic mass is 31.2. The lowest BCUT2D eigenvalue weighted by Crippen LogP contribution is -1.56. The maximum Gasteiger partial charge on any atom is 0.507 e. The lowest BCUT2D eigenvalue weighted by Gasteiger charge is -1.77. The van der Waals surface area contributed by atoms with Gasteiger partial charge in [0.15, 0.2) is 0 Å². The predicted octanol–water partition coefficient (Wildman–Crippen LogP) is 1.15. The van der Waals surface area contributed by atoms with Crippen LogP contribution in [0.3, 0.4) is 0 Å². The Balaban J connectivity index is 0. The van der Waals surface area contributed by atoms with Crippen LogP contribution >= 0.6 is 7.91 Å². The molecule has 0 aliphatic rings. The van der Waals surface area contributed by atoms with E-state index in [0.717, 1.165) is 0 Å². The van der Waals surface area contributed by atoms with Gasteiger partial charge in [-0.1, -0.05) is 6.58 Å². The van der Waals surface area contributed by atoms with Crippen LogP contribution in [0.1, 0.15) is 0 Å². The summed E-state index contributed by atoms with van der Waals surface area (Å²) >= 11 is 0. The molecule has 0 aliphatic carbocycles. The molecule has 0 heterocycles. The molecule has 8 heavy (non-hydrogen) atoms. The van der Waals surface area contributed by atoms with Crippen molar-refractivity contribution in [3.63, 3.8) is 0 Å². The summed E-state index contributed by atoms with van der Waals surface area (Å²) in [5, 5.41) is 0. The van der Waals surface area contributed by atoms with Gasteiger partial charge in [-0.2, -0.15) is 0 Å². The fourth-order valence-corrected chi connectivity index (χ4v) is 0. The number of hydrogen-bond donors (Lipinski definition) is 2. The molecule has 0 aromatic rings. The van der Waals surface area contributed by atoms with Gasteiger partial charge >= 0.3 is 7.91 Å². The molecule has 0 bridgehead atoms. The molecule has 0 aromatic carbocycles. The summed E-state index contributed by atoms with van der Waals surface area (Å²) in [7, 11) is -5.14. The normalized spacial score (nSPS) is 9.00. The van der Waals surface area contributed by atoms with Gasteiger partial charge < -0.3 is 0 Å². The molecule has 0 saturated heterocycles. The van der Waals surface area contributed by atoms with Gasteiger partial charge in [0.05, 0.1) is 6.33 Å². The van der Waals surface area contributed by atoms with Crippen LogP contribution in [0.2, 0.25) is 0 Å². The molecule has 0 aromatic heterocycles. The molecule has 0 fully saturated rings. The molecule has 0 rings (SSSR count). The first-order chi connectivity index (χ1) is 3.41. The number of halogens is 2. The van der Waals surface area contributed by atoms with E-state index in [0.29, 0.717) is 0 Å². The van der Waals surface area contributed by atoms with E-state index in [-0.39, 0.29) is 6.33 Å². The van der Waals surface area contributed by atoms with Gasteiger partial charge in [0.1, 0.15) is 0 Å². The Morgan fingerprint density at radius 3 is 1.62 bits per heavy atom. The third-order valence-corrected chi connectivity index (χ3v) is 0. The van der Waals surface area contributed by atoms with Gasteiger partial charge in [-0.3, -0.25) is 9.79 Å². The van der Waals surface area contributed by atoms with Crippen molar-refractivity contribution in [2.24, 2.45) is 0 Å². The largest absolute Gasteiger partial charge is 0.507 e. The summed E-state index contributed by atoms with van der Waals surface area (Å²) in [5.41, 5.74) is 0. The molecule has 0 spiro atoms. The van der Waals surface area contributed by atoms with Gasteiger partial charge in [0.2, 0.25) is 0 Å². The van der Waals surface area contributed by atoms with E-state index in [9.17, 15) is 8.59 Å². The van der Waals surface area contributed by atoms with E-state index >= 15 is 0 Å². The van der Waals surface area contributed by atoms with Gasteiger partial charge in [-0.15, -0.1) is 4.20 Å². The standard InChI is InChI=1S/C2H3F.FH2O3P/c1-2-3;1-5(2,3)4/h2H,1H2;(H2,2,3,4). The average molecular weight is 146 g/mol. The fraction of sp³-hybridized carbons (Fsp3) is 0. The fourth-order valence-electron chi connectivity index (χ4n) is 0. The molecule has 0 atom stereocenters. The van der Waals surface area contributed by atoms with E-state index in [2.05, 4.69) is 6.58 Å². The zero-order valence-electron chi connectivity index (χ0n) is 3.79. The molecule has 0 amide bonds. The van der Waals surface area contributed by atoms with Crippen molar-refractivity contribution < 1.29 is 22.9 Å². The summed E-state index contributed by atoms with van der Waals surface area (Å²) in [6.07, 6.45) is 0.250. The third kappa shape index (κ3) is 2080. The van der Waals surface area contributed by atoms with Crippen LogP contribution in [0.15, 0.2) is 12.9 Å². The minimum Gasteiger partial charge on any atom is -0.299 e. The quantitative estimate of drug-likeness (QED) is 0.504. The van der Waals surface area contributed by atoms with Crippen molar-refractivity contribution in [3.8, 4) is 0 Å². The highest BCUT2D eigenvalue weighted by molar-refractivity contribution is 7.45. The zero-order valence-corrected chi connectivity index (χ0v) is 4.68. The Bertz CT molecular complexity index is 89.2. The summed E-state index contributed by atoms with van der Waals surface area (Å²) in [6, 6.07) is 0. The molecule has 0 radical (unpaired) electrons. The van der Waals surface area contributed by atoms with Crippen LogP contribution in [-0.2, 0) is 4.57 Å². The van der Waals surface area contributed by atoms with Crippen molar-refractivity contribution in [2.45, 2.75) is 0 Å². The van der Waals surface area contributed by atoms with E-state index < -0.39 is 7.91 Å².